The van der Waals surface area contributed by atoms with Crippen LogP contribution in [0.3, 0.4) is 0 Å². The predicted octanol–water partition coefficient (Wildman–Crippen LogP) is 9.43. The van der Waals surface area contributed by atoms with Gasteiger partial charge in [0, 0.05) is 11.1 Å². The fraction of sp³-hybridized carbons (Fsp3) is 0.565. The summed E-state index contributed by atoms with van der Waals surface area (Å²) >= 11 is 0. The minimum absolute atomic E-state index is 0.126. The van der Waals surface area contributed by atoms with Crippen molar-refractivity contribution >= 4 is 11.9 Å². The molecule has 0 saturated heterocycles. The number of allylic oxidation sites excluding steroid dienone is 14. The molecule has 0 N–H and O–H groups in total. The molecule has 0 aliphatic heterocycles. The van der Waals surface area contributed by atoms with Crippen molar-refractivity contribution in [3.05, 3.63) is 109 Å². The highest BCUT2D eigenvalue weighted by Crippen LogP contribution is 2.55. The fourth-order valence-electron chi connectivity index (χ4n) is 12.4. The van der Waals surface area contributed by atoms with Crippen molar-refractivity contribution in [2.75, 3.05) is 14.2 Å². The normalized spacial score (nSPS) is 45.3. The zero-order chi connectivity index (χ0) is 34.5. The minimum atomic E-state index is -0.158. The van der Waals surface area contributed by atoms with Gasteiger partial charge in [0.25, 0.3) is 0 Å². The fourth-order valence-corrected chi connectivity index (χ4v) is 12.4. The van der Waals surface area contributed by atoms with E-state index in [1.807, 2.05) is 0 Å². The topological polar surface area (TPSA) is 52.6 Å². The van der Waals surface area contributed by atoms with E-state index in [9.17, 15) is 9.59 Å². The van der Waals surface area contributed by atoms with Gasteiger partial charge in [-0.25, -0.2) is 9.59 Å². The van der Waals surface area contributed by atoms with Crippen molar-refractivity contribution in [2.45, 2.75) is 51.4 Å². The first-order valence-electron chi connectivity index (χ1n) is 19.6. The molecule has 0 aromatic rings. The molecule has 50 heavy (non-hydrogen) atoms. The zero-order valence-corrected chi connectivity index (χ0v) is 30.0. The van der Waals surface area contributed by atoms with Gasteiger partial charge in [-0.2, -0.15) is 0 Å². The third-order valence-electron chi connectivity index (χ3n) is 14.9. The van der Waals surface area contributed by atoms with Crippen LogP contribution in [-0.2, 0) is 19.1 Å². The Morgan fingerprint density at radius 2 is 1.10 bits per heavy atom. The van der Waals surface area contributed by atoms with Crippen molar-refractivity contribution in [3.63, 3.8) is 0 Å². The molecule has 16 unspecified atom stereocenters. The molecule has 10 aliphatic rings. The SMILES string of the molecule is C1=CC2C3C=CC(C3)C2C1.C=CC1CC(/C=C\C2CC(C=C)C3CC(C(=O)OC)=CC23)C2CC=CC12.COC(=O)C1=CC2C3C=CC(C3)C2C1. The molecule has 10 aliphatic carbocycles. The van der Waals surface area contributed by atoms with E-state index >= 15 is 0 Å². The second kappa shape index (κ2) is 14.0. The number of ether oxygens (including phenoxy) is 2. The van der Waals surface area contributed by atoms with Crippen LogP contribution in [0.5, 0.6) is 0 Å². The lowest BCUT2D eigenvalue weighted by Crippen LogP contribution is -2.13. The Bertz CT molecular complexity index is 1580. The molecule has 16 atom stereocenters. The maximum Gasteiger partial charge on any atom is 0.333 e. The quantitative estimate of drug-likeness (QED) is 0.208. The standard InChI is InChI=1S/C24H30O2.C12H14O2.C10H12/c1-4-15-11-17(21-8-6-7-20(15)21)9-10-18-12-16(5-2)22-13-19(14-23(18)22)24(25)26-3;1-14-12(13)9-5-10-7-2-3-8(4-7)11(10)6-9;1-2-9-7-4-5-8(6-7)10(9)3-1/h4-7,9-10,14-18,20-23H,1-2,8,11-13H2,3H3;2-3,5,7-8,10-11H,4,6H2,1H3;1-2,4-5,7-10H,3,6H2/b10-9-;;. The summed E-state index contributed by atoms with van der Waals surface area (Å²) in [5, 5.41) is 0. The maximum atomic E-state index is 12.0. The summed E-state index contributed by atoms with van der Waals surface area (Å²) in [4.78, 5) is 23.3. The molecule has 4 saturated carbocycles. The number of hydrogen-bond acceptors (Lipinski definition) is 4. The minimum Gasteiger partial charge on any atom is -0.466 e. The molecule has 10 rings (SSSR count). The van der Waals surface area contributed by atoms with E-state index in [0.29, 0.717) is 59.2 Å². The monoisotopic (exact) mass is 672 g/mol. The van der Waals surface area contributed by atoms with Crippen LogP contribution in [0.1, 0.15) is 51.4 Å². The van der Waals surface area contributed by atoms with Crippen molar-refractivity contribution in [1.82, 2.24) is 0 Å². The average Bonchev–Trinajstić information content (AvgIpc) is 3.99. The first kappa shape index (κ1) is 33.7. The first-order chi connectivity index (χ1) is 24.4. The molecule has 0 aromatic heterocycles. The van der Waals surface area contributed by atoms with Crippen molar-refractivity contribution in [3.8, 4) is 0 Å². The van der Waals surface area contributed by atoms with Gasteiger partial charge in [0.05, 0.1) is 14.2 Å². The van der Waals surface area contributed by atoms with E-state index in [1.165, 1.54) is 46.3 Å². The van der Waals surface area contributed by atoms with E-state index in [1.54, 1.807) is 0 Å². The smallest absolute Gasteiger partial charge is 0.333 e. The average molecular weight is 673 g/mol. The van der Waals surface area contributed by atoms with Crippen molar-refractivity contribution in [2.24, 2.45) is 94.7 Å². The van der Waals surface area contributed by atoms with Crippen LogP contribution in [0, 0.1) is 94.7 Å². The van der Waals surface area contributed by atoms with Gasteiger partial charge >= 0.3 is 11.9 Å². The molecule has 0 amide bonds. The summed E-state index contributed by atoms with van der Waals surface area (Å²) in [6.07, 6.45) is 42.2. The Morgan fingerprint density at radius 1 is 0.560 bits per heavy atom. The molecule has 0 aromatic carbocycles. The van der Waals surface area contributed by atoms with Crippen molar-refractivity contribution < 1.29 is 19.1 Å². The molecule has 4 heteroatoms. The van der Waals surface area contributed by atoms with Gasteiger partial charge in [0.1, 0.15) is 0 Å². The summed E-state index contributed by atoms with van der Waals surface area (Å²) in [5.41, 5.74) is 1.76. The van der Waals surface area contributed by atoms with Crippen molar-refractivity contribution in [1.29, 1.82) is 0 Å². The van der Waals surface area contributed by atoms with Crippen LogP contribution in [0.2, 0.25) is 0 Å². The lowest BCUT2D eigenvalue weighted by atomic mass is 9.85. The van der Waals surface area contributed by atoms with E-state index < -0.39 is 0 Å². The van der Waals surface area contributed by atoms with Gasteiger partial charge in [0.2, 0.25) is 0 Å². The molecule has 264 valence electrons. The highest BCUT2D eigenvalue weighted by Gasteiger charge is 2.48. The number of hydrogen-bond donors (Lipinski definition) is 0. The molecule has 0 heterocycles. The number of carbonyl (C=O) groups excluding carboxylic acids is 2. The van der Waals surface area contributed by atoms with Gasteiger partial charge < -0.3 is 9.47 Å². The zero-order valence-electron chi connectivity index (χ0n) is 30.0. The molecular weight excluding hydrogens is 617 g/mol. The molecule has 4 nitrogen and oxygen atoms in total. The van der Waals surface area contributed by atoms with E-state index in [0.717, 1.165) is 65.9 Å². The highest BCUT2D eigenvalue weighted by atomic mass is 16.5. The predicted molar refractivity (Wildman–Crippen MR) is 199 cm³/mol. The Balaban J connectivity index is 0.000000124. The largest absolute Gasteiger partial charge is 0.466 e. The van der Waals surface area contributed by atoms with E-state index in [4.69, 9.17) is 9.47 Å². The van der Waals surface area contributed by atoms with Crippen LogP contribution in [0.15, 0.2) is 109 Å². The van der Waals surface area contributed by atoms with Gasteiger partial charge in [0.15, 0.2) is 0 Å². The van der Waals surface area contributed by atoms with Crippen LogP contribution < -0.4 is 0 Å². The second-order valence-electron chi connectivity index (χ2n) is 16.9. The Hall–Kier alpha value is -3.40. The maximum absolute atomic E-state index is 12.0. The number of carbonyl (C=O) groups is 2. The van der Waals surface area contributed by atoms with Gasteiger partial charge in [-0.1, -0.05) is 85.1 Å². The summed E-state index contributed by atoms with van der Waals surface area (Å²) < 4.78 is 9.71. The molecule has 4 fully saturated rings. The summed E-state index contributed by atoms with van der Waals surface area (Å²) in [5.74, 6) is 11.0. The lowest BCUT2D eigenvalue weighted by Gasteiger charge is -2.19. The number of rotatable bonds is 6. The van der Waals surface area contributed by atoms with Crippen LogP contribution in [0.4, 0.5) is 0 Å². The molecule has 0 radical (unpaired) electrons. The Kier molecular flexibility index (Phi) is 9.42. The summed E-state index contributed by atoms with van der Waals surface area (Å²) in [7, 11) is 2.94. The van der Waals surface area contributed by atoms with E-state index in [-0.39, 0.29) is 11.9 Å². The number of esters is 2. The second-order valence-corrected chi connectivity index (χ2v) is 16.9. The Morgan fingerprint density at radius 3 is 1.74 bits per heavy atom. The van der Waals surface area contributed by atoms with Crippen LogP contribution >= 0.6 is 0 Å². The van der Waals surface area contributed by atoms with E-state index in [2.05, 4.69) is 98.2 Å². The molecule has 0 spiro atoms. The Labute approximate surface area is 299 Å². The molecule has 4 bridgehead atoms. The number of methoxy groups -OCH3 is 2. The van der Waals surface area contributed by atoms with Gasteiger partial charge in [-0.3, -0.25) is 0 Å². The highest BCUT2D eigenvalue weighted by molar-refractivity contribution is 5.89. The van der Waals surface area contributed by atoms with Crippen LogP contribution in [0.25, 0.3) is 0 Å². The first-order valence-corrected chi connectivity index (χ1v) is 19.6. The summed E-state index contributed by atoms with van der Waals surface area (Å²) in [6, 6.07) is 0. The van der Waals surface area contributed by atoms with Gasteiger partial charge in [-0.15, -0.1) is 13.2 Å². The lowest BCUT2D eigenvalue weighted by molar-refractivity contribution is -0.137. The van der Waals surface area contributed by atoms with Gasteiger partial charge in [-0.05, 0) is 146 Å². The van der Waals surface area contributed by atoms with Crippen LogP contribution in [-0.4, -0.2) is 26.2 Å². The number of fused-ring (bicyclic) bond motifs is 12. The third-order valence-corrected chi connectivity index (χ3v) is 14.9. The third kappa shape index (κ3) is 5.93. The summed E-state index contributed by atoms with van der Waals surface area (Å²) in [6.45, 7) is 8.10. The molecular formula is C46H56O4.